The molecule has 0 radical (unpaired) electrons. The molecule has 216 valence electrons. The summed E-state index contributed by atoms with van der Waals surface area (Å²) in [6.45, 7) is 0. The Morgan fingerprint density at radius 3 is 1.93 bits per heavy atom. The zero-order valence-corrected chi connectivity index (χ0v) is 26.2. The molecule has 0 unspecified atom stereocenters. The Kier molecular flexibility index (Phi) is 5.65. The summed E-state index contributed by atoms with van der Waals surface area (Å²) in [6, 6.07) is 54.7. The van der Waals surface area contributed by atoms with Gasteiger partial charge in [0.15, 0.2) is 0 Å². The topological polar surface area (TPSA) is 16.4 Å². The lowest BCUT2D eigenvalue weighted by molar-refractivity contribution is 0.669. The van der Waals surface area contributed by atoms with Gasteiger partial charge in [0, 0.05) is 62.9 Å². The minimum Gasteiger partial charge on any atom is -0.456 e. The normalized spacial score (nSPS) is 11.9. The Balaban J connectivity index is 1.33. The number of nitrogens with zero attached hydrogens (tertiary/aromatic N) is 1. The summed E-state index contributed by atoms with van der Waals surface area (Å²) in [6.07, 6.45) is 0. The van der Waals surface area contributed by atoms with E-state index in [0.717, 1.165) is 39.0 Å². The molecule has 10 aromatic rings. The number of hydrogen-bond donors (Lipinski definition) is 0. The van der Waals surface area contributed by atoms with Crippen LogP contribution in [0.25, 0.3) is 73.4 Å². The summed E-state index contributed by atoms with van der Waals surface area (Å²) in [7, 11) is 0. The second-order valence-electron chi connectivity index (χ2n) is 11.7. The third-order valence-corrected chi connectivity index (χ3v) is 11.4. The van der Waals surface area contributed by atoms with E-state index in [4.69, 9.17) is 4.42 Å². The zero-order chi connectivity index (χ0) is 30.2. The summed E-state index contributed by atoms with van der Waals surface area (Å²) in [5.74, 6) is 0. The molecular weight excluding hydrogens is 599 g/mol. The maximum Gasteiger partial charge on any atom is 0.137 e. The highest BCUT2D eigenvalue weighted by atomic mass is 32.1. The third kappa shape index (κ3) is 3.81. The lowest BCUT2D eigenvalue weighted by Crippen LogP contribution is -2.10. The molecule has 0 atom stereocenters. The van der Waals surface area contributed by atoms with Gasteiger partial charge < -0.3 is 9.32 Å². The summed E-state index contributed by atoms with van der Waals surface area (Å²) in [5.41, 5.74) is 7.67. The van der Waals surface area contributed by atoms with Gasteiger partial charge in [0.25, 0.3) is 0 Å². The minimum atomic E-state index is 0.887. The highest BCUT2D eigenvalue weighted by Gasteiger charge is 2.24. The number of rotatable bonds is 4. The fraction of sp³-hybridized carbons (Fsp3) is 0. The van der Waals surface area contributed by atoms with Crippen molar-refractivity contribution < 1.29 is 4.42 Å². The lowest BCUT2D eigenvalue weighted by Gasteiger charge is -2.28. The second-order valence-corrected chi connectivity index (χ2v) is 13.8. The SMILES string of the molecule is c1ccc(-c2ccc(N(c3ccc4c(c3)oc3ccccc34)c3cccc4sc5ccccc5c34)c3c2sc2ccccc23)cc1. The van der Waals surface area contributed by atoms with Gasteiger partial charge >= 0.3 is 0 Å². The Bertz CT molecular complexity index is 2770. The van der Waals surface area contributed by atoms with Crippen LogP contribution in [0.4, 0.5) is 17.1 Å². The Labute approximate surface area is 273 Å². The number of anilines is 3. The van der Waals surface area contributed by atoms with Crippen LogP contribution >= 0.6 is 22.7 Å². The van der Waals surface area contributed by atoms with E-state index >= 15 is 0 Å². The average molecular weight is 624 g/mol. The van der Waals surface area contributed by atoms with Crippen molar-refractivity contribution in [3.05, 3.63) is 152 Å². The minimum absolute atomic E-state index is 0.887. The molecule has 4 heteroatoms. The Morgan fingerprint density at radius 1 is 0.435 bits per heavy atom. The molecule has 0 fully saturated rings. The highest BCUT2D eigenvalue weighted by molar-refractivity contribution is 7.26. The van der Waals surface area contributed by atoms with Crippen molar-refractivity contribution in [2.24, 2.45) is 0 Å². The van der Waals surface area contributed by atoms with Crippen molar-refractivity contribution in [3.63, 3.8) is 0 Å². The molecule has 3 heterocycles. The van der Waals surface area contributed by atoms with Gasteiger partial charge in [0.05, 0.1) is 11.4 Å². The second kappa shape index (κ2) is 10.0. The van der Waals surface area contributed by atoms with Crippen LogP contribution in [0, 0.1) is 0 Å². The maximum atomic E-state index is 6.45. The molecule has 0 aliphatic rings. The van der Waals surface area contributed by atoms with E-state index in [-0.39, 0.29) is 0 Å². The van der Waals surface area contributed by atoms with Gasteiger partial charge in [-0.25, -0.2) is 0 Å². The fourth-order valence-corrected chi connectivity index (χ4v) is 9.43. The molecule has 0 saturated carbocycles. The van der Waals surface area contributed by atoms with Crippen LogP contribution in [-0.2, 0) is 0 Å². The van der Waals surface area contributed by atoms with Crippen molar-refractivity contribution in [2.45, 2.75) is 0 Å². The smallest absolute Gasteiger partial charge is 0.137 e. The zero-order valence-electron chi connectivity index (χ0n) is 24.6. The number of benzene rings is 7. The van der Waals surface area contributed by atoms with E-state index in [1.54, 1.807) is 0 Å². The van der Waals surface area contributed by atoms with Crippen LogP contribution in [0.2, 0.25) is 0 Å². The molecule has 0 aliphatic carbocycles. The summed E-state index contributed by atoms with van der Waals surface area (Å²) in [4.78, 5) is 2.46. The number of thiophene rings is 2. The average Bonchev–Trinajstić information content (AvgIpc) is 3.80. The van der Waals surface area contributed by atoms with Crippen molar-refractivity contribution in [1.82, 2.24) is 0 Å². The quantitative estimate of drug-likeness (QED) is 0.194. The molecule has 0 N–H and O–H groups in total. The molecule has 0 aliphatic heterocycles. The largest absolute Gasteiger partial charge is 0.456 e. The van der Waals surface area contributed by atoms with Gasteiger partial charge in [-0.3, -0.25) is 0 Å². The predicted octanol–water partition coefficient (Wildman–Crippen LogP) is 13.5. The molecule has 10 rings (SSSR count). The first-order valence-corrected chi connectivity index (χ1v) is 17.1. The maximum absolute atomic E-state index is 6.45. The van der Waals surface area contributed by atoms with E-state index < -0.39 is 0 Å². The van der Waals surface area contributed by atoms with Crippen LogP contribution < -0.4 is 4.90 Å². The van der Waals surface area contributed by atoms with Gasteiger partial charge in [-0.15, -0.1) is 22.7 Å². The number of fused-ring (bicyclic) bond motifs is 9. The van der Waals surface area contributed by atoms with Gasteiger partial charge in [0.2, 0.25) is 0 Å². The fourth-order valence-electron chi connectivity index (χ4n) is 7.05. The standard InChI is InChI=1S/C42H25NOS2/c1-2-11-26(12-3-1)28-23-24-34(41-32-15-6-9-19-38(32)46-42(28)41)43(27-21-22-30-29-13-4-7-17-35(29)44-36(30)25-27)33-16-10-20-39-40(33)31-14-5-8-18-37(31)45-39/h1-25H. The van der Waals surface area contributed by atoms with E-state index in [9.17, 15) is 0 Å². The van der Waals surface area contributed by atoms with Crippen LogP contribution in [0.1, 0.15) is 0 Å². The first-order valence-electron chi connectivity index (χ1n) is 15.4. The van der Waals surface area contributed by atoms with Crippen LogP contribution in [0.5, 0.6) is 0 Å². The van der Waals surface area contributed by atoms with Gasteiger partial charge in [-0.05, 0) is 59.7 Å². The van der Waals surface area contributed by atoms with E-state index in [1.165, 1.54) is 51.5 Å². The monoisotopic (exact) mass is 623 g/mol. The molecule has 46 heavy (non-hydrogen) atoms. The number of hydrogen-bond acceptors (Lipinski definition) is 4. The molecule has 0 amide bonds. The third-order valence-electron chi connectivity index (χ3n) is 9.07. The molecule has 7 aromatic carbocycles. The highest BCUT2D eigenvalue weighted by Crippen LogP contribution is 2.51. The van der Waals surface area contributed by atoms with Crippen molar-refractivity contribution in [1.29, 1.82) is 0 Å². The van der Waals surface area contributed by atoms with E-state index in [1.807, 2.05) is 34.8 Å². The summed E-state index contributed by atoms with van der Waals surface area (Å²) < 4.78 is 11.6. The summed E-state index contributed by atoms with van der Waals surface area (Å²) in [5, 5.41) is 7.35. The van der Waals surface area contributed by atoms with Crippen LogP contribution in [-0.4, -0.2) is 0 Å². The van der Waals surface area contributed by atoms with Crippen LogP contribution in [0.3, 0.4) is 0 Å². The molecule has 0 saturated heterocycles. The predicted molar refractivity (Wildman–Crippen MR) is 200 cm³/mol. The molecule has 3 aromatic heterocycles. The summed E-state index contributed by atoms with van der Waals surface area (Å²) >= 11 is 3.73. The van der Waals surface area contributed by atoms with Crippen LogP contribution in [0.15, 0.2) is 156 Å². The number of furan rings is 1. The molecular formula is C42H25NOS2. The molecule has 0 spiro atoms. The number of para-hydroxylation sites is 1. The van der Waals surface area contributed by atoms with Crippen molar-refractivity contribution in [2.75, 3.05) is 4.90 Å². The van der Waals surface area contributed by atoms with E-state index in [2.05, 4.69) is 144 Å². The molecule has 2 nitrogen and oxygen atoms in total. The first-order chi connectivity index (χ1) is 22.8. The first kappa shape index (κ1) is 25.9. The lowest BCUT2D eigenvalue weighted by atomic mass is 9.99. The Morgan fingerprint density at radius 2 is 1.09 bits per heavy atom. The van der Waals surface area contributed by atoms with Gasteiger partial charge in [-0.2, -0.15) is 0 Å². The van der Waals surface area contributed by atoms with Gasteiger partial charge in [-0.1, -0.05) is 97.1 Å². The van der Waals surface area contributed by atoms with E-state index in [0.29, 0.717) is 0 Å². The van der Waals surface area contributed by atoms with Crippen molar-refractivity contribution >= 4 is 102 Å². The Hall–Kier alpha value is -5.42. The molecule has 0 bridgehead atoms. The van der Waals surface area contributed by atoms with Crippen molar-refractivity contribution in [3.8, 4) is 11.1 Å². The van der Waals surface area contributed by atoms with Gasteiger partial charge in [0.1, 0.15) is 11.2 Å².